The molecule has 0 spiro atoms. The molecule has 2 N–H and O–H groups in total. The van der Waals surface area contributed by atoms with E-state index in [0.717, 1.165) is 4.88 Å². The van der Waals surface area contributed by atoms with E-state index in [1.165, 1.54) is 11.3 Å². The first-order valence-electron chi connectivity index (χ1n) is 2.98. The van der Waals surface area contributed by atoms with E-state index in [1.807, 2.05) is 0 Å². The standard InChI is InChI=1S/C6H7NO3S/c8-5(6(9)10)1-4-2-7-3-11-4/h2-3,5,8H,1H2,(H,9,10)/t5-/m0/s1. The number of carboxylic acids is 1. The Balaban J connectivity index is 2.50. The maximum Gasteiger partial charge on any atom is 0.332 e. The molecule has 5 heteroatoms. The number of thiazole rings is 1. The van der Waals surface area contributed by atoms with Crippen molar-refractivity contribution >= 4 is 17.3 Å². The van der Waals surface area contributed by atoms with E-state index in [1.54, 1.807) is 11.7 Å². The van der Waals surface area contributed by atoms with E-state index in [9.17, 15) is 4.79 Å². The largest absolute Gasteiger partial charge is 0.479 e. The molecule has 0 unspecified atom stereocenters. The van der Waals surface area contributed by atoms with E-state index < -0.39 is 12.1 Å². The summed E-state index contributed by atoms with van der Waals surface area (Å²) in [6.07, 6.45) is 0.382. The Labute approximate surface area is 67.1 Å². The summed E-state index contributed by atoms with van der Waals surface area (Å²) in [5.74, 6) is -1.20. The Morgan fingerprint density at radius 3 is 3.00 bits per heavy atom. The minimum atomic E-state index is -1.31. The van der Waals surface area contributed by atoms with Crippen molar-refractivity contribution in [3.8, 4) is 0 Å². The lowest BCUT2D eigenvalue weighted by Gasteiger charge is -2.00. The summed E-state index contributed by atoms with van der Waals surface area (Å²) in [7, 11) is 0. The zero-order valence-corrected chi connectivity index (χ0v) is 6.41. The van der Waals surface area contributed by atoms with Gasteiger partial charge in [0.2, 0.25) is 0 Å². The average molecular weight is 173 g/mol. The molecule has 0 aromatic carbocycles. The van der Waals surface area contributed by atoms with Crippen molar-refractivity contribution in [1.82, 2.24) is 4.98 Å². The van der Waals surface area contributed by atoms with Gasteiger partial charge in [0.25, 0.3) is 0 Å². The molecule has 60 valence electrons. The number of rotatable bonds is 3. The summed E-state index contributed by atoms with van der Waals surface area (Å²) in [5.41, 5.74) is 1.60. The molecule has 0 fully saturated rings. The smallest absolute Gasteiger partial charge is 0.332 e. The fourth-order valence-corrected chi connectivity index (χ4v) is 1.25. The quantitative estimate of drug-likeness (QED) is 0.681. The van der Waals surface area contributed by atoms with Gasteiger partial charge in [0.05, 0.1) is 5.51 Å². The molecule has 0 aliphatic carbocycles. The van der Waals surface area contributed by atoms with Gasteiger partial charge in [-0.1, -0.05) is 0 Å². The molecule has 1 aromatic heterocycles. The third-order valence-electron chi connectivity index (χ3n) is 1.16. The maximum absolute atomic E-state index is 10.2. The van der Waals surface area contributed by atoms with Gasteiger partial charge in [-0.3, -0.25) is 4.98 Å². The van der Waals surface area contributed by atoms with Crippen molar-refractivity contribution in [2.24, 2.45) is 0 Å². The fraction of sp³-hybridized carbons (Fsp3) is 0.333. The van der Waals surface area contributed by atoms with Crippen molar-refractivity contribution < 1.29 is 15.0 Å². The second kappa shape index (κ2) is 3.45. The van der Waals surface area contributed by atoms with Crippen LogP contribution in [0.25, 0.3) is 0 Å². The number of aliphatic hydroxyl groups is 1. The predicted molar refractivity (Wildman–Crippen MR) is 39.5 cm³/mol. The minimum absolute atomic E-state index is 0.139. The third kappa shape index (κ3) is 2.28. The van der Waals surface area contributed by atoms with Gasteiger partial charge in [-0.25, -0.2) is 4.79 Å². The Kier molecular flexibility index (Phi) is 2.56. The van der Waals surface area contributed by atoms with Crippen LogP contribution in [0.5, 0.6) is 0 Å². The van der Waals surface area contributed by atoms with Crippen LogP contribution in [-0.4, -0.2) is 27.3 Å². The van der Waals surface area contributed by atoms with Gasteiger partial charge >= 0.3 is 5.97 Å². The molecule has 0 saturated carbocycles. The van der Waals surface area contributed by atoms with Crippen LogP contribution in [0, 0.1) is 0 Å². The van der Waals surface area contributed by atoms with E-state index in [0.29, 0.717) is 0 Å². The molecular weight excluding hydrogens is 166 g/mol. The van der Waals surface area contributed by atoms with Gasteiger partial charge in [0.15, 0.2) is 6.10 Å². The highest BCUT2D eigenvalue weighted by Gasteiger charge is 2.13. The number of nitrogens with zero attached hydrogens (tertiary/aromatic N) is 1. The van der Waals surface area contributed by atoms with Gasteiger partial charge < -0.3 is 10.2 Å². The number of aliphatic carboxylic acids is 1. The lowest BCUT2D eigenvalue weighted by atomic mass is 10.2. The molecular formula is C6H7NO3S. The summed E-state index contributed by atoms with van der Waals surface area (Å²) in [6.45, 7) is 0. The Hall–Kier alpha value is -0.940. The highest BCUT2D eigenvalue weighted by Crippen LogP contribution is 2.08. The Morgan fingerprint density at radius 1 is 1.82 bits per heavy atom. The highest BCUT2D eigenvalue weighted by molar-refractivity contribution is 7.09. The number of aromatic nitrogens is 1. The Morgan fingerprint density at radius 2 is 2.55 bits per heavy atom. The minimum Gasteiger partial charge on any atom is -0.479 e. The first-order chi connectivity index (χ1) is 5.20. The molecule has 1 heterocycles. The molecule has 0 aliphatic heterocycles. The van der Waals surface area contributed by atoms with E-state index >= 15 is 0 Å². The van der Waals surface area contributed by atoms with E-state index in [2.05, 4.69) is 4.98 Å². The number of carbonyl (C=O) groups is 1. The van der Waals surface area contributed by atoms with Crippen molar-refractivity contribution in [2.75, 3.05) is 0 Å². The van der Waals surface area contributed by atoms with Crippen LogP contribution in [-0.2, 0) is 11.2 Å². The van der Waals surface area contributed by atoms with Gasteiger partial charge in [-0.05, 0) is 0 Å². The summed E-state index contributed by atoms with van der Waals surface area (Å²) in [6, 6.07) is 0. The maximum atomic E-state index is 10.2. The molecule has 0 radical (unpaired) electrons. The molecule has 0 aliphatic rings. The summed E-state index contributed by atoms with van der Waals surface area (Å²) < 4.78 is 0. The van der Waals surface area contributed by atoms with E-state index in [-0.39, 0.29) is 6.42 Å². The Bertz CT molecular complexity index is 234. The van der Waals surface area contributed by atoms with Gasteiger partial charge in [-0.15, -0.1) is 11.3 Å². The zero-order valence-electron chi connectivity index (χ0n) is 5.60. The fourth-order valence-electron chi connectivity index (χ4n) is 0.621. The van der Waals surface area contributed by atoms with Gasteiger partial charge in [0.1, 0.15) is 0 Å². The monoisotopic (exact) mass is 173 g/mol. The van der Waals surface area contributed by atoms with Crippen LogP contribution >= 0.6 is 11.3 Å². The van der Waals surface area contributed by atoms with Crippen molar-refractivity contribution in [3.05, 3.63) is 16.6 Å². The zero-order chi connectivity index (χ0) is 8.27. The number of aliphatic hydroxyl groups excluding tert-OH is 1. The molecule has 1 aromatic rings. The topological polar surface area (TPSA) is 70.4 Å². The van der Waals surface area contributed by atoms with Gasteiger partial charge in [-0.2, -0.15) is 0 Å². The van der Waals surface area contributed by atoms with Gasteiger partial charge in [0, 0.05) is 17.5 Å². The summed E-state index contributed by atoms with van der Waals surface area (Å²) in [4.78, 5) is 14.7. The van der Waals surface area contributed by atoms with Crippen molar-refractivity contribution in [1.29, 1.82) is 0 Å². The molecule has 11 heavy (non-hydrogen) atoms. The van der Waals surface area contributed by atoms with E-state index in [4.69, 9.17) is 10.2 Å². The molecule has 0 bridgehead atoms. The number of carboxylic acid groups (broad SMARTS) is 1. The lowest BCUT2D eigenvalue weighted by Crippen LogP contribution is -2.21. The highest BCUT2D eigenvalue weighted by atomic mass is 32.1. The molecule has 0 amide bonds. The second-order valence-electron chi connectivity index (χ2n) is 2.03. The number of hydrogen-bond donors (Lipinski definition) is 2. The van der Waals surface area contributed by atoms with Crippen LogP contribution in [0.4, 0.5) is 0 Å². The second-order valence-corrected chi connectivity index (χ2v) is 3.00. The van der Waals surface area contributed by atoms with Crippen molar-refractivity contribution in [3.63, 3.8) is 0 Å². The SMILES string of the molecule is O=C(O)[C@@H](O)Cc1cncs1. The first-order valence-corrected chi connectivity index (χ1v) is 3.86. The van der Waals surface area contributed by atoms with Crippen molar-refractivity contribution in [2.45, 2.75) is 12.5 Å². The van der Waals surface area contributed by atoms with Crippen LogP contribution < -0.4 is 0 Å². The van der Waals surface area contributed by atoms with Crippen LogP contribution in [0.15, 0.2) is 11.7 Å². The molecule has 0 saturated heterocycles. The normalized spacial score (nSPS) is 12.8. The van der Waals surface area contributed by atoms with Crippen LogP contribution in [0.2, 0.25) is 0 Å². The average Bonchev–Trinajstić information content (AvgIpc) is 2.39. The number of hydrogen-bond acceptors (Lipinski definition) is 4. The van der Waals surface area contributed by atoms with Crippen LogP contribution in [0.3, 0.4) is 0 Å². The molecule has 4 nitrogen and oxygen atoms in total. The summed E-state index contributed by atoms with van der Waals surface area (Å²) in [5, 5.41) is 17.2. The summed E-state index contributed by atoms with van der Waals surface area (Å²) >= 11 is 1.33. The lowest BCUT2D eigenvalue weighted by molar-refractivity contribution is -0.146. The predicted octanol–water partition coefficient (Wildman–Crippen LogP) is 0.131. The third-order valence-corrected chi connectivity index (χ3v) is 1.97. The molecule has 1 rings (SSSR count). The molecule has 1 atom stereocenters. The first kappa shape index (κ1) is 8.16. The van der Waals surface area contributed by atoms with Crippen LogP contribution in [0.1, 0.15) is 4.88 Å².